The Morgan fingerprint density at radius 3 is 2.55 bits per heavy atom. The van der Waals surface area contributed by atoms with E-state index in [1.165, 1.54) is 17.0 Å². The summed E-state index contributed by atoms with van der Waals surface area (Å²) in [6.07, 6.45) is -5.36. The molecule has 38 heavy (non-hydrogen) atoms. The minimum atomic E-state index is -4.57. The van der Waals surface area contributed by atoms with Crippen LogP contribution in [-0.2, 0) is 22.3 Å². The van der Waals surface area contributed by atoms with Gasteiger partial charge in [-0.1, -0.05) is 18.2 Å². The molecule has 2 amide bonds. The summed E-state index contributed by atoms with van der Waals surface area (Å²) in [6, 6.07) is 8.69. The molecular formula is C25H32F3N5O4S. The summed E-state index contributed by atoms with van der Waals surface area (Å²) in [6.45, 7) is 3.97. The minimum Gasteiger partial charge on any atom is -0.450 e. The molecule has 0 spiro atoms. The number of ether oxygens (including phenoxy) is 1. The molecule has 9 nitrogen and oxygen atoms in total. The molecule has 0 saturated carbocycles. The lowest BCUT2D eigenvalue weighted by Crippen LogP contribution is -2.39. The van der Waals surface area contributed by atoms with E-state index in [1.807, 2.05) is 0 Å². The molecule has 6 N–H and O–H groups in total. The third-order valence-corrected chi connectivity index (χ3v) is 5.70. The number of halogens is 3. The highest BCUT2D eigenvalue weighted by Gasteiger charge is 2.31. The number of nitrogens with one attached hydrogen (secondary N) is 3. The zero-order valence-electron chi connectivity index (χ0n) is 21.1. The number of aliphatic hydroxyl groups is 1. The maximum absolute atomic E-state index is 13.4. The van der Waals surface area contributed by atoms with Crippen molar-refractivity contribution >= 4 is 40.7 Å². The van der Waals surface area contributed by atoms with Crippen LogP contribution in [0.3, 0.4) is 0 Å². The fourth-order valence-electron chi connectivity index (χ4n) is 3.56. The van der Waals surface area contributed by atoms with E-state index in [9.17, 15) is 27.9 Å². The van der Waals surface area contributed by atoms with Crippen LogP contribution in [0.15, 0.2) is 42.5 Å². The third-order valence-electron chi connectivity index (χ3n) is 5.48. The van der Waals surface area contributed by atoms with Gasteiger partial charge in [-0.15, -0.1) is 0 Å². The van der Waals surface area contributed by atoms with Crippen LogP contribution in [0, 0.1) is 0 Å². The number of thiocarbonyl (C=S) groups is 1. The summed E-state index contributed by atoms with van der Waals surface area (Å²) in [5.41, 5.74) is 6.82. The summed E-state index contributed by atoms with van der Waals surface area (Å²) in [5.74, 6) is -0.370. The SMILES string of the molecule is CCOC(=O)NCc1ccc(N)c(NC(=S)NC(CC(=O)N(CC)CCO)c2cccc(C(F)(F)F)c2)c1. The lowest BCUT2D eigenvalue weighted by Gasteiger charge is -2.26. The average molecular weight is 556 g/mol. The van der Waals surface area contributed by atoms with Crippen molar-refractivity contribution in [1.82, 2.24) is 15.5 Å². The van der Waals surface area contributed by atoms with Crippen molar-refractivity contribution in [2.24, 2.45) is 0 Å². The van der Waals surface area contributed by atoms with Crippen LogP contribution in [0.4, 0.5) is 29.3 Å². The van der Waals surface area contributed by atoms with Crippen LogP contribution in [0.5, 0.6) is 0 Å². The Morgan fingerprint density at radius 2 is 1.92 bits per heavy atom. The molecule has 0 aliphatic heterocycles. The fraction of sp³-hybridized carbons (Fsp3) is 0.400. The molecule has 208 valence electrons. The van der Waals surface area contributed by atoms with E-state index in [0.717, 1.165) is 12.1 Å². The van der Waals surface area contributed by atoms with Crippen molar-refractivity contribution in [3.8, 4) is 0 Å². The number of nitrogens with zero attached hydrogens (tertiary/aromatic N) is 1. The predicted molar refractivity (Wildman–Crippen MR) is 142 cm³/mol. The molecule has 0 fully saturated rings. The summed E-state index contributed by atoms with van der Waals surface area (Å²) in [7, 11) is 0. The van der Waals surface area contributed by atoms with Crippen molar-refractivity contribution in [2.45, 2.75) is 39.0 Å². The zero-order valence-corrected chi connectivity index (χ0v) is 21.9. The molecule has 0 aliphatic rings. The highest BCUT2D eigenvalue weighted by atomic mass is 32.1. The van der Waals surface area contributed by atoms with Crippen LogP contribution in [0.25, 0.3) is 0 Å². The second-order valence-corrected chi connectivity index (χ2v) is 8.58. The summed E-state index contributed by atoms with van der Waals surface area (Å²) < 4.78 is 44.9. The number of carbonyl (C=O) groups is 2. The van der Waals surface area contributed by atoms with E-state index in [0.29, 0.717) is 23.5 Å². The number of amides is 2. The van der Waals surface area contributed by atoms with Crippen molar-refractivity contribution in [2.75, 3.05) is 37.4 Å². The van der Waals surface area contributed by atoms with Gasteiger partial charge in [-0.2, -0.15) is 13.2 Å². The fourth-order valence-corrected chi connectivity index (χ4v) is 3.81. The molecule has 0 heterocycles. The number of nitrogens with two attached hydrogens (primary N) is 1. The van der Waals surface area contributed by atoms with Gasteiger partial charge in [0.05, 0.1) is 42.6 Å². The van der Waals surface area contributed by atoms with Crippen LogP contribution in [-0.4, -0.2) is 53.4 Å². The molecule has 1 unspecified atom stereocenters. The van der Waals surface area contributed by atoms with Crippen LogP contribution < -0.4 is 21.7 Å². The number of likely N-dealkylation sites (N-methyl/N-ethyl adjacent to an activating group) is 1. The number of rotatable bonds is 11. The predicted octanol–water partition coefficient (Wildman–Crippen LogP) is 3.79. The Labute approximate surface area is 224 Å². The first-order chi connectivity index (χ1) is 18.0. The van der Waals surface area contributed by atoms with Gasteiger partial charge >= 0.3 is 12.3 Å². The number of nitrogen functional groups attached to an aromatic ring is 1. The first-order valence-electron chi connectivity index (χ1n) is 11.9. The number of carbonyl (C=O) groups excluding carboxylic acids is 2. The first-order valence-corrected chi connectivity index (χ1v) is 12.3. The van der Waals surface area contributed by atoms with Crippen molar-refractivity contribution in [1.29, 1.82) is 0 Å². The van der Waals surface area contributed by atoms with Gasteiger partial charge in [0.15, 0.2) is 5.11 Å². The maximum atomic E-state index is 13.4. The van der Waals surface area contributed by atoms with Crippen LogP contribution >= 0.6 is 12.2 Å². The quantitative estimate of drug-likeness (QED) is 0.209. The van der Waals surface area contributed by atoms with E-state index < -0.39 is 23.9 Å². The van der Waals surface area contributed by atoms with Crippen molar-refractivity contribution < 1.29 is 32.6 Å². The van der Waals surface area contributed by atoms with Gasteiger partial charge < -0.3 is 36.4 Å². The Hall–Kier alpha value is -3.58. The van der Waals surface area contributed by atoms with Crippen molar-refractivity contribution in [3.05, 3.63) is 59.2 Å². The van der Waals surface area contributed by atoms with Crippen LogP contribution in [0.2, 0.25) is 0 Å². The second kappa shape index (κ2) is 14.4. The van der Waals surface area contributed by atoms with Gasteiger partial charge in [0.25, 0.3) is 0 Å². The number of aliphatic hydroxyl groups excluding tert-OH is 1. The molecule has 0 bridgehead atoms. The summed E-state index contributed by atoms with van der Waals surface area (Å²) >= 11 is 5.41. The molecule has 0 radical (unpaired) electrons. The zero-order chi connectivity index (χ0) is 28.3. The lowest BCUT2D eigenvalue weighted by atomic mass is 10.0. The summed E-state index contributed by atoms with van der Waals surface area (Å²) in [5, 5.41) is 17.7. The molecule has 0 aromatic heterocycles. The van der Waals surface area contributed by atoms with Crippen molar-refractivity contribution in [3.63, 3.8) is 0 Å². The van der Waals surface area contributed by atoms with Gasteiger partial charge in [-0.3, -0.25) is 4.79 Å². The smallest absolute Gasteiger partial charge is 0.416 e. The van der Waals surface area contributed by atoms with E-state index in [4.69, 9.17) is 22.7 Å². The van der Waals surface area contributed by atoms with Crippen LogP contribution in [0.1, 0.15) is 43.0 Å². The van der Waals surface area contributed by atoms with E-state index in [1.54, 1.807) is 32.0 Å². The number of alkyl carbamates (subject to hydrolysis) is 1. The van der Waals surface area contributed by atoms with Gasteiger partial charge in [-0.05, 0) is 61.5 Å². The third kappa shape index (κ3) is 9.38. The molecule has 0 aliphatic carbocycles. The lowest BCUT2D eigenvalue weighted by molar-refractivity contribution is -0.137. The highest BCUT2D eigenvalue weighted by molar-refractivity contribution is 7.80. The first kappa shape index (κ1) is 30.6. The average Bonchev–Trinajstić information content (AvgIpc) is 2.87. The topological polar surface area (TPSA) is 129 Å². The Morgan fingerprint density at radius 1 is 1.18 bits per heavy atom. The molecule has 0 saturated heterocycles. The minimum absolute atomic E-state index is 0.0209. The molecule has 2 aromatic rings. The molecule has 13 heteroatoms. The number of hydrogen-bond donors (Lipinski definition) is 5. The van der Waals surface area contributed by atoms with E-state index in [2.05, 4.69) is 16.0 Å². The monoisotopic (exact) mass is 555 g/mol. The molecule has 1 atom stereocenters. The Balaban J connectivity index is 2.25. The van der Waals surface area contributed by atoms with Gasteiger partial charge in [0.2, 0.25) is 5.91 Å². The largest absolute Gasteiger partial charge is 0.450 e. The molecule has 2 rings (SSSR count). The molecule has 2 aromatic carbocycles. The Bertz CT molecular complexity index is 1120. The van der Waals surface area contributed by atoms with E-state index >= 15 is 0 Å². The number of hydrogen-bond acceptors (Lipinski definition) is 6. The van der Waals surface area contributed by atoms with Gasteiger partial charge in [0, 0.05) is 19.6 Å². The summed E-state index contributed by atoms with van der Waals surface area (Å²) in [4.78, 5) is 25.8. The number of alkyl halides is 3. The number of benzene rings is 2. The standard InChI is InChI=1S/C25H32F3N5O4S/c1-3-33(10-11-34)22(35)14-20(17-6-5-7-18(13-17)25(26,27)28)31-23(38)32-21-12-16(8-9-19(21)29)15-30-24(36)37-4-2/h5-9,12-13,20,34H,3-4,10-11,14-15,29H2,1-2H3,(H,30,36)(H2,31,32,38). The Kier molecular flexibility index (Phi) is 11.6. The highest BCUT2D eigenvalue weighted by Crippen LogP contribution is 2.31. The normalized spacial score (nSPS) is 11.8. The second-order valence-electron chi connectivity index (χ2n) is 8.17. The maximum Gasteiger partial charge on any atom is 0.416 e. The van der Waals surface area contributed by atoms with E-state index in [-0.39, 0.29) is 49.3 Å². The van der Waals surface area contributed by atoms with Gasteiger partial charge in [0.1, 0.15) is 0 Å². The molecular weight excluding hydrogens is 523 g/mol. The van der Waals surface area contributed by atoms with Gasteiger partial charge in [-0.25, -0.2) is 4.79 Å². The number of anilines is 2.